The van der Waals surface area contributed by atoms with Crippen LogP contribution in [-0.4, -0.2) is 25.1 Å². The van der Waals surface area contributed by atoms with Crippen molar-refractivity contribution in [2.75, 3.05) is 10.1 Å². The Hall–Kier alpha value is -1.54. The predicted octanol–water partition coefficient (Wildman–Crippen LogP) is 1.99. The van der Waals surface area contributed by atoms with E-state index in [9.17, 15) is 17.6 Å². The van der Waals surface area contributed by atoms with Crippen molar-refractivity contribution < 1.29 is 17.6 Å². The molecule has 0 aliphatic rings. The van der Waals surface area contributed by atoms with Gasteiger partial charge in [0.25, 0.3) is 0 Å². The van der Waals surface area contributed by atoms with E-state index < -0.39 is 27.2 Å². The van der Waals surface area contributed by atoms with Gasteiger partial charge < -0.3 is 5.73 Å². The van der Waals surface area contributed by atoms with Crippen LogP contribution >= 0.6 is 12.2 Å². The molecule has 0 unspecified atom stereocenters. The number of sulfonamides is 1. The van der Waals surface area contributed by atoms with E-state index in [-0.39, 0.29) is 22.0 Å². The topological polar surface area (TPSA) is 80.5 Å². The van der Waals surface area contributed by atoms with Gasteiger partial charge in [0.1, 0.15) is 10.8 Å². The van der Waals surface area contributed by atoms with E-state index in [1.54, 1.807) is 20.8 Å². The average molecular weight is 345 g/mol. The van der Waals surface area contributed by atoms with Crippen LogP contribution in [0.5, 0.6) is 0 Å². The summed E-state index contributed by atoms with van der Waals surface area (Å²) in [4.78, 5) is 12.4. The highest BCUT2D eigenvalue weighted by atomic mass is 32.2. The maximum atomic E-state index is 13.4. The first-order valence-corrected chi connectivity index (χ1v) is 8.52. The van der Waals surface area contributed by atoms with E-state index >= 15 is 0 Å². The molecule has 0 aliphatic carbocycles. The first-order chi connectivity index (χ1) is 9.91. The molecule has 0 saturated heterocycles. The summed E-state index contributed by atoms with van der Waals surface area (Å²) in [5, 5.41) is 0. The van der Waals surface area contributed by atoms with Crippen LogP contribution in [0.3, 0.4) is 0 Å². The number of nitrogens with zero attached hydrogens (tertiary/aromatic N) is 1. The Balaban J connectivity index is 3.68. The van der Waals surface area contributed by atoms with Gasteiger partial charge in [-0.1, -0.05) is 33.0 Å². The molecule has 2 N–H and O–H groups in total. The molecule has 0 aliphatic heterocycles. The van der Waals surface area contributed by atoms with Gasteiger partial charge in [0.15, 0.2) is 0 Å². The van der Waals surface area contributed by atoms with Crippen molar-refractivity contribution in [1.82, 2.24) is 0 Å². The number of carbonyl (C=O) groups excluding carboxylic acids is 1. The molecule has 0 heterocycles. The summed E-state index contributed by atoms with van der Waals surface area (Å²) < 4.78 is 38.7. The zero-order chi connectivity index (χ0) is 17.3. The van der Waals surface area contributed by atoms with Gasteiger partial charge in [-0.3, -0.25) is 4.79 Å². The molecule has 1 radical (unpaired) electrons. The lowest BCUT2D eigenvalue weighted by molar-refractivity contribution is -0.124. The predicted molar refractivity (Wildman–Crippen MR) is 87.5 cm³/mol. The number of hydrogen-bond donors (Lipinski definition) is 1. The molecule has 22 heavy (non-hydrogen) atoms. The summed E-state index contributed by atoms with van der Waals surface area (Å²) in [5.74, 6) is -1.71. The summed E-state index contributed by atoms with van der Waals surface area (Å²) >= 11 is 4.83. The molecule has 0 fully saturated rings. The quantitative estimate of drug-likeness (QED) is 0.844. The van der Waals surface area contributed by atoms with Crippen molar-refractivity contribution in [1.29, 1.82) is 0 Å². The first kappa shape index (κ1) is 18.5. The van der Waals surface area contributed by atoms with Gasteiger partial charge in [-0.25, -0.2) is 17.1 Å². The van der Waals surface area contributed by atoms with Crippen LogP contribution in [0.2, 0.25) is 0 Å². The molecular formula is C14H18FN2O3S2. The monoisotopic (exact) mass is 345 g/mol. The lowest BCUT2D eigenvalue weighted by Crippen LogP contribution is -2.45. The number of carbonyl (C=O) groups is 1. The third kappa shape index (κ3) is 3.80. The summed E-state index contributed by atoms with van der Waals surface area (Å²) in [6.07, 6.45) is 0. The van der Waals surface area contributed by atoms with E-state index in [4.69, 9.17) is 18.0 Å². The Labute approximate surface area is 135 Å². The van der Waals surface area contributed by atoms with Gasteiger partial charge in [-0.2, -0.15) is 0 Å². The average Bonchev–Trinajstić information content (AvgIpc) is 2.39. The first-order valence-electron chi connectivity index (χ1n) is 6.50. The Kier molecular flexibility index (Phi) is 5.30. The van der Waals surface area contributed by atoms with Crippen LogP contribution in [0.4, 0.5) is 10.1 Å². The van der Waals surface area contributed by atoms with Crippen LogP contribution < -0.4 is 10.0 Å². The SMILES string of the molecule is CCS(=O)(=O)N(C(=O)C(C)(C)C)c1c[c]c(F)cc1C(N)=S. The highest BCUT2D eigenvalue weighted by molar-refractivity contribution is 7.93. The number of thiocarbonyl (C=S) groups is 1. The zero-order valence-corrected chi connectivity index (χ0v) is 14.4. The Morgan fingerprint density at radius 2 is 2.00 bits per heavy atom. The number of hydrogen-bond acceptors (Lipinski definition) is 4. The van der Waals surface area contributed by atoms with E-state index in [1.807, 2.05) is 0 Å². The Morgan fingerprint density at radius 3 is 2.41 bits per heavy atom. The second-order valence-corrected chi connectivity index (χ2v) is 8.21. The molecule has 8 heteroatoms. The van der Waals surface area contributed by atoms with E-state index in [2.05, 4.69) is 6.07 Å². The smallest absolute Gasteiger partial charge is 0.246 e. The normalized spacial score (nSPS) is 12.0. The van der Waals surface area contributed by atoms with Crippen molar-refractivity contribution in [3.63, 3.8) is 0 Å². The molecule has 1 amide bonds. The number of nitrogens with two attached hydrogens (primary N) is 1. The van der Waals surface area contributed by atoms with Gasteiger partial charge in [0.05, 0.1) is 11.4 Å². The summed E-state index contributed by atoms with van der Waals surface area (Å²) in [7, 11) is -3.94. The van der Waals surface area contributed by atoms with Crippen LogP contribution in [0.25, 0.3) is 0 Å². The zero-order valence-electron chi connectivity index (χ0n) is 12.8. The molecule has 1 rings (SSSR count). The molecule has 1 aromatic rings. The molecule has 5 nitrogen and oxygen atoms in total. The van der Waals surface area contributed by atoms with Crippen molar-refractivity contribution >= 4 is 38.8 Å². The number of halogens is 1. The van der Waals surface area contributed by atoms with Crippen molar-refractivity contribution in [3.05, 3.63) is 29.6 Å². The van der Waals surface area contributed by atoms with Gasteiger partial charge in [-0.05, 0) is 19.1 Å². The highest BCUT2D eigenvalue weighted by Gasteiger charge is 2.36. The standard InChI is InChI=1S/C14H18FN2O3S2/c1-5-22(19,20)17(13(18)14(2,3)4)11-7-6-9(15)8-10(11)12(16)21/h7-8H,5H2,1-4H3,(H2,16,21). The van der Waals surface area contributed by atoms with Crippen LogP contribution in [0, 0.1) is 17.3 Å². The fourth-order valence-corrected chi connectivity index (χ4v) is 3.04. The van der Waals surface area contributed by atoms with E-state index in [1.165, 1.54) is 6.92 Å². The summed E-state index contributed by atoms with van der Waals surface area (Å²) in [6.45, 7) is 6.16. The Morgan fingerprint density at radius 1 is 1.45 bits per heavy atom. The molecule has 121 valence electrons. The van der Waals surface area contributed by atoms with Crippen molar-refractivity contribution in [3.8, 4) is 0 Å². The second kappa shape index (κ2) is 6.29. The van der Waals surface area contributed by atoms with Crippen LogP contribution in [0.1, 0.15) is 33.3 Å². The minimum atomic E-state index is -3.94. The van der Waals surface area contributed by atoms with Gasteiger partial charge in [-0.15, -0.1) is 0 Å². The van der Waals surface area contributed by atoms with Crippen LogP contribution in [-0.2, 0) is 14.8 Å². The molecule has 1 aromatic carbocycles. The molecule has 0 saturated carbocycles. The molecule has 0 bridgehead atoms. The van der Waals surface area contributed by atoms with E-state index in [0.29, 0.717) is 4.31 Å². The lowest BCUT2D eigenvalue weighted by Gasteiger charge is -2.29. The maximum Gasteiger partial charge on any atom is 0.246 e. The van der Waals surface area contributed by atoms with Crippen molar-refractivity contribution in [2.45, 2.75) is 27.7 Å². The fourth-order valence-electron chi connectivity index (χ4n) is 1.64. The number of amides is 1. The highest BCUT2D eigenvalue weighted by Crippen LogP contribution is 2.29. The molecule has 0 atom stereocenters. The minimum absolute atomic E-state index is 0.0270. The molecular weight excluding hydrogens is 327 g/mol. The van der Waals surface area contributed by atoms with Gasteiger partial charge in [0.2, 0.25) is 15.9 Å². The fraction of sp³-hybridized carbons (Fsp3) is 0.429. The van der Waals surface area contributed by atoms with Crippen LogP contribution in [0.15, 0.2) is 12.1 Å². The summed E-state index contributed by atoms with van der Waals surface area (Å²) in [6, 6.07) is 4.27. The van der Waals surface area contributed by atoms with E-state index in [0.717, 1.165) is 12.1 Å². The largest absolute Gasteiger partial charge is 0.389 e. The number of benzene rings is 1. The Bertz CT molecular complexity index is 709. The summed E-state index contributed by atoms with van der Waals surface area (Å²) in [5.41, 5.74) is 4.45. The minimum Gasteiger partial charge on any atom is -0.389 e. The third-order valence-electron chi connectivity index (χ3n) is 2.85. The van der Waals surface area contributed by atoms with Crippen molar-refractivity contribution in [2.24, 2.45) is 11.1 Å². The lowest BCUT2D eigenvalue weighted by atomic mass is 9.95. The van der Waals surface area contributed by atoms with Gasteiger partial charge >= 0.3 is 0 Å². The third-order valence-corrected chi connectivity index (χ3v) is 4.72. The molecule has 0 aromatic heterocycles. The maximum absolute atomic E-state index is 13.4. The van der Waals surface area contributed by atoms with Gasteiger partial charge in [0, 0.05) is 17.0 Å². The number of anilines is 1. The second-order valence-electron chi connectivity index (χ2n) is 5.66. The number of rotatable bonds is 4. The molecule has 0 spiro atoms.